The summed E-state index contributed by atoms with van der Waals surface area (Å²) in [4.78, 5) is 18.5. The predicted octanol–water partition coefficient (Wildman–Crippen LogP) is 0.909. The number of nitrogens with zero attached hydrogens (tertiary/aromatic N) is 2. The van der Waals surface area contributed by atoms with Crippen molar-refractivity contribution in [3.05, 3.63) is 22.9 Å². The monoisotopic (exact) mass is 314 g/mol. The van der Waals surface area contributed by atoms with Crippen LogP contribution in [0.3, 0.4) is 0 Å². The van der Waals surface area contributed by atoms with Gasteiger partial charge in [0.2, 0.25) is 0 Å². The van der Waals surface area contributed by atoms with Crippen molar-refractivity contribution in [3.8, 4) is 0 Å². The summed E-state index contributed by atoms with van der Waals surface area (Å²) in [6.45, 7) is 3.24. The molecule has 2 rings (SSSR count). The van der Waals surface area contributed by atoms with Gasteiger partial charge < -0.3 is 20.3 Å². The molecule has 0 aromatic carbocycles. The number of rotatable bonds is 5. The zero-order chi connectivity index (χ0) is 14.5. The molecule has 7 heteroatoms. The highest BCUT2D eigenvalue weighted by Gasteiger charge is 2.23. The molecule has 1 aromatic heterocycles. The maximum absolute atomic E-state index is 12.1. The molecule has 0 saturated heterocycles. The number of halogens is 1. The number of ether oxygens (including phenoxy) is 1. The summed E-state index contributed by atoms with van der Waals surface area (Å²) in [5.74, 6) is 0.308. The van der Waals surface area contributed by atoms with Crippen LogP contribution < -0.4 is 10.6 Å². The number of hydrogen-bond donors (Lipinski definition) is 2. The number of nitrogens with one attached hydrogen (secondary N) is 2. The van der Waals surface area contributed by atoms with Gasteiger partial charge in [0.25, 0.3) is 0 Å². The summed E-state index contributed by atoms with van der Waals surface area (Å²) in [6, 6.07) is 0. The van der Waals surface area contributed by atoms with Gasteiger partial charge in [0.15, 0.2) is 0 Å². The first-order valence-corrected chi connectivity index (χ1v) is 6.82. The lowest BCUT2D eigenvalue weighted by molar-refractivity contribution is 0.0600. The number of fused-ring (bicyclic) bond motifs is 1. The lowest BCUT2D eigenvalue weighted by Gasteiger charge is -2.21. The highest BCUT2D eigenvalue weighted by atomic mass is 35.5. The fourth-order valence-corrected chi connectivity index (χ4v) is 2.32. The normalized spacial score (nSPS) is 13.3. The fourth-order valence-electron chi connectivity index (χ4n) is 2.32. The Bertz CT molecular complexity index is 494. The van der Waals surface area contributed by atoms with Gasteiger partial charge >= 0.3 is 5.97 Å². The molecular weight excluding hydrogens is 292 g/mol. The van der Waals surface area contributed by atoms with Crippen LogP contribution in [0.1, 0.15) is 21.5 Å². The summed E-state index contributed by atoms with van der Waals surface area (Å²) in [5.41, 5.74) is 2.72. The summed E-state index contributed by atoms with van der Waals surface area (Å²) < 4.78 is 4.92. The molecule has 6 nitrogen and oxygen atoms in total. The van der Waals surface area contributed by atoms with Gasteiger partial charge in [-0.15, -0.1) is 12.4 Å². The maximum Gasteiger partial charge on any atom is 0.341 e. The van der Waals surface area contributed by atoms with Gasteiger partial charge in [-0.2, -0.15) is 0 Å². The fraction of sp³-hybridized carbons (Fsp3) is 0.571. The lowest BCUT2D eigenvalue weighted by Crippen LogP contribution is -2.28. The van der Waals surface area contributed by atoms with Crippen LogP contribution in [0.15, 0.2) is 6.20 Å². The number of aromatic nitrogens is 1. The number of methoxy groups -OCH3 is 1. The predicted molar refractivity (Wildman–Crippen MR) is 85.3 cm³/mol. The van der Waals surface area contributed by atoms with Crippen molar-refractivity contribution in [3.63, 3.8) is 0 Å². The van der Waals surface area contributed by atoms with E-state index >= 15 is 0 Å². The molecule has 0 bridgehead atoms. The maximum atomic E-state index is 12.1. The van der Waals surface area contributed by atoms with Crippen molar-refractivity contribution in [1.29, 1.82) is 0 Å². The van der Waals surface area contributed by atoms with Crippen LogP contribution in [-0.2, 0) is 17.7 Å². The Balaban J connectivity index is 0.00000220. The van der Waals surface area contributed by atoms with E-state index in [4.69, 9.17) is 4.74 Å². The van der Waals surface area contributed by atoms with Crippen molar-refractivity contribution in [1.82, 2.24) is 15.2 Å². The topological polar surface area (TPSA) is 66.5 Å². The molecule has 1 aliphatic rings. The van der Waals surface area contributed by atoms with Gasteiger partial charge in [-0.25, -0.2) is 9.78 Å². The van der Waals surface area contributed by atoms with Gasteiger partial charge in [0.05, 0.1) is 7.11 Å². The minimum absolute atomic E-state index is 0. The molecule has 0 unspecified atom stereocenters. The molecule has 0 fully saturated rings. The van der Waals surface area contributed by atoms with Crippen molar-refractivity contribution < 1.29 is 9.53 Å². The highest BCUT2D eigenvalue weighted by Crippen LogP contribution is 2.24. The minimum Gasteiger partial charge on any atom is -0.465 e. The van der Waals surface area contributed by atoms with Crippen LogP contribution in [0.25, 0.3) is 0 Å². The quantitative estimate of drug-likeness (QED) is 0.788. The second kappa shape index (κ2) is 8.17. The van der Waals surface area contributed by atoms with Gasteiger partial charge in [-0.3, -0.25) is 0 Å². The third kappa shape index (κ3) is 4.30. The molecular formula is C14H23ClN4O2. The lowest BCUT2D eigenvalue weighted by atomic mass is 9.97. The van der Waals surface area contributed by atoms with Gasteiger partial charge in [-0.1, -0.05) is 0 Å². The van der Waals surface area contributed by atoms with E-state index in [-0.39, 0.29) is 18.4 Å². The van der Waals surface area contributed by atoms with Crippen LogP contribution in [-0.4, -0.2) is 56.7 Å². The molecule has 118 valence electrons. The van der Waals surface area contributed by atoms with E-state index in [0.717, 1.165) is 43.7 Å². The number of carbonyl (C=O) groups is 1. The number of likely N-dealkylation sites (N-methyl/N-ethyl adjacent to an activating group) is 1. The Labute approximate surface area is 131 Å². The second-order valence-electron chi connectivity index (χ2n) is 5.13. The summed E-state index contributed by atoms with van der Waals surface area (Å²) in [7, 11) is 5.43. The van der Waals surface area contributed by atoms with E-state index in [2.05, 4.69) is 20.5 Å². The van der Waals surface area contributed by atoms with Crippen molar-refractivity contribution in [2.24, 2.45) is 0 Å². The Hall–Kier alpha value is -1.37. The first kappa shape index (κ1) is 17.7. The molecule has 0 saturated carbocycles. The van der Waals surface area contributed by atoms with Crippen molar-refractivity contribution >= 4 is 24.2 Å². The van der Waals surface area contributed by atoms with Crippen LogP contribution in [0.2, 0.25) is 0 Å². The Morgan fingerprint density at radius 2 is 2.29 bits per heavy atom. The average molecular weight is 315 g/mol. The Morgan fingerprint density at radius 1 is 1.52 bits per heavy atom. The third-order valence-electron chi connectivity index (χ3n) is 3.38. The van der Waals surface area contributed by atoms with Crippen molar-refractivity contribution in [2.75, 3.05) is 46.2 Å². The van der Waals surface area contributed by atoms with E-state index in [1.54, 1.807) is 0 Å². The zero-order valence-corrected chi connectivity index (χ0v) is 13.5. The largest absolute Gasteiger partial charge is 0.465 e. The first-order chi connectivity index (χ1) is 9.63. The molecule has 0 spiro atoms. The first-order valence-electron chi connectivity index (χ1n) is 6.82. The van der Waals surface area contributed by atoms with Crippen LogP contribution in [0.4, 0.5) is 5.82 Å². The summed E-state index contributed by atoms with van der Waals surface area (Å²) >= 11 is 0. The Morgan fingerprint density at radius 3 is 2.95 bits per heavy atom. The number of hydrogen-bond acceptors (Lipinski definition) is 6. The van der Waals surface area contributed by atoms with Gasteiger partial charge in [0, 0.05) is 25.8 Å². The van der Waals surface area contributed by atoms with Crippen LogP contribution in [0, 0.1) is 0 Å². The summed E-state index contributed by atoms with van der Waals surface area (Å²) in [5, 5.41) is 6.52. The van der Waals surface area contributed by atoms with Crippen LogP contribution in [0.5, 0.6) is 0 Å². The third-order valence-corrected chi connectivity index (χ3v) is 3.38. The van der Waals surface area contributed by atoms with E-state index in [1.165, 1.54) is 7.11 Å². The average Bonchev–Trinajstić information content (AvgIpc) is 2.45. The van der Waals surface area contributed by atoms with E-state index in [9.17, 15) is 4.79 Å². The van der Waals surface area contributed by atoms with E-state index in [1.807, 2.05) is 20.3 Å². The SMILES string of the molecule is COC(=O)c1c(NCCN(C)C)ncc2c1CCNC2.Cl. The number of carbonyl (C=O) groups excluding carboxylic acids is 1. The summed E-state index contributed by atoms with van der Waals surface area (Å²) in [6.07, 6.45) is 2.66. The molecule has 0 atom stereocenters. The molecule has 0 radical (unpaired) electrons. The second-order valence-corrected chi connectivity index (χ2v) is 5.13. The molecule has 2 heterocycles. The van der Waals surface area contributed by atoms with Crippen LogP contribution >= 0.6 is 12.4 Å². The molecule has 1 aromatic rings. The molecule has 0 amide bonds. The number of anilines is 1. The number of esters is 1. The van der Waals surface area contributed by atoms with E-state index < -0.39 is 0 Å². The highest BCUT2D eigenvalue weighted by molar-refractivity contribution is 5.96. The van der Waals surface area contributed by atoms with Crippen molar-refractivity contribution in [2.45, 2.75) is 13.0 Å². The smallest absolute Gasteiger partial charge is 0.341 e. The standard InChI is InChI=1S/C14H22N4O2.ClH/c1-18(2)7-6-16-13-12(14(19)20-3)11-4-5-15-8-10(11)9-17-13;/h9,15H,4-8H2,1-3H3,(H,16,17);1H. The molecule has 0 aliphatic carbocycles. The Kier molecular flexibility index (Phi) is 6.87. The molecule has 21 heavy (non-hydrogen) atoms. The van der Waals surface area contributed by atoms with Gasteiger partial charge in [0.1, 0.15) is 11.4 Å². The van der Waals surface area contributed by atoms with E-state index in [0.29, 0.717) is 11.4 Å². The zero-order valence-electron chi connectivity index (χ0n) is 12.7. The molecule has 1 aliphatic heterocycles. The minimum atomic E-state index is -0.316. The molecule has 2 N–H and O–H groups in total. The van der Waals surface area contributed by atoms with Gasteiger partial charge in [-0.05, 0) is 38.2 Å². The number of pyridine rings is 1.